The van der Waals surface area contributed by atoms with Gasteiger partial charge in [-0.2, -0.15) is 0 Å². The molecule has 15 heavy (non-hydrogen) atoms. The lowest BCUT2D eigenvalue weighted by Crippen LogP contribution is -2.12. The average Bonchev–Trinajstić information content (AvgIpc) is 2.47. The Labute approximate surface area is 88.7 Å². The summed E-state index contributed by atoms with van der Waals surface area (Å²) in [5, 5.41) is 3.28. The largest absolute Gasteiger partial charge is 0.298 e. The summed E-state index contributed by atoms with van der Waals surface area (Å²) in [5.74, 6) is 0. The van der Waals surface area contributed by atoms with Crippen LogP contribution in [0.15, 0.2) is 23.1 Å². The third-order valence-corrected chi connectivity index (χ3v) is 2.61. The predicted molar refractivity (Wildman–Crippen MR) is 61.5 cm³/mol. The van der Waals surface area contributed by atoms with Gasteiger partial charge in [0.2, 0.25) is 0 Å². The van der Waals surface area contributed by atoms with Gasteiger partial charge in [0.25, 0.3) is 0 Å². The SMILES string of the molecule is Cc1cn2[nH]c(C(C)(C)C)cc2cc1=O. The summed E-state index contributed by atoms with van der Waals surface area (Å²) in [6, 6.07) is 3.70. The van der Waals surface area contributed by atoms with Gasteiger partial charge in [-0.25, -0.2) is 0 Å². The molecule has 3 nitrogen and oxygen atoms in total. The van der Waals surface area contributed by atoms with Crippen molar-refractivity contribution in [1.29, 1.82) is 0 Å². The number of aryl methyl sites for hydroxylation is 1. The molecule has 0 bridgehead atoms. The van der Waals surface area contributed by atoms with Gasteiger partial charge in [0.15, 0.2) is 5.43 Å². The Balaban J connectivity index is 2.72. The van der Waals surface area contributed by atoms with Gasteiger partial charge in [0.05, 0.1) is 5.52 Å². The Morgan fingerprint density at radius 1 is 1.27 bits per heavy atom. The van der Waals surface area contributed by atoms with Crippen molar-refractivity contribution in [3.05, 3.63) is 39.8 Å². The second kappa shape index (κ2) is 2.99. The van der Waals surface area contributed by atoms with E-state index in [1.54, 1.807) is 6.07 Å². The van der Waals surface area contributed by atoms with Crippen molar-refractivity contribution in [1.82, 2.24) is 9.61 Å². The van der Waals surface area contributed by atoms with Crippen molar-refractivity contribution < 1.29 is 0 Å². The average molecular weight is 204 g/mol. The molecule has 0 atom stereocenters. The van der Waals surface area contributed by atoms with Crippen LogP contribution in [-0.2, 0) is 5.41 Å². The highest BCUT2D eigenvalue weighted by Crippen LogP contribution is 2.21. The van der Waals surface area contributed by atoms with Crippen LogP contribution in [0.4, 0.5) is 0 Å². The van der Waals surface area contributed by atoms with Crippen LogP contribution in [0.25, 0.3) is 5.52 Å². The number of aromatic nitrogens is 2. The molecule has 2 aromatic heterocycles. The molecule has 0 aromatic carbocycles. The molecule has 2 heterocycles. The summed E-state index contributed by atoms with van der Waals surface area (Å²) in [4.78, 5) is 11.5. The Kier molecular flexibility index (Phi) is 2.00. The first-order chi connectivity index (χ1) is 6.88. The number of aromatic amines is 1. The van der Waals surface area contributed by atoms with E-state index in [0.29, 0.717) is 0 Å². The molecule has 2 aromatic rings. The summed E-state index contributed by atoms with van der Waals surface area (Å²) in [6.07, 6.45) is 1.84. The molecule has 0 aliphatic carbocycles. The van der Waals surface area contributed by atoms with Gasteiger partial charge in [-0.3, -0.25) is 14.4 Å². The smallest absolute Gasteiger partial charge is 0.185 e. The monoisotopic (exact) mass is 204 g/mol. The normalized spacial score (nSPS) is 12.3. The molecule has 80 valence electrons. The Hall–Kier alpha value is -1.51. The highest BCUT2D eigenvalue weighted by Gasteiger charge is 2.16. The number of H-pyrrole nitrogens is 1. The van der Waals surface area contributed by atoms with Crippen LogP contribution in [0.3, 0.4) is 0 Å². The summed E-state index contributed by atoms with van der Waals surface area (Å²) in [5.41, 5.74) is 2.98. The molecule has 0 radical (unpaired) electrons. The van der Waals surface area contributed by atoms with E-state index in [-0.39, 0.29) is 10.8 Å². The van der Waals surface area contributed by atoms with Crippen LogP contribution >= 0.6 is 0 Å². The molecular weight excluding hydrogens is 188 g/mol. The molecule has 0 aliphatic heterocycles. The quantitative estimate of drug-likeness (QED) is 0.702. The third kappa shape index (κ3) is 1.69. The maximum Gasteiger partial charge on any atom is 0.185 e. The van der Waals surface area contributed by atoms with Crippen molar-refractivity contribution in [3.63, 3.8) is 0 Å². The standard InChI is InChI=1S/C12H16N2O/c1-8-7-14-9(5-10(8)15)6-11(13-14)12(2,3)4/h5-7,13H,1-4H3. The fraction of sp³-hybridized carbons (Fsp3) is 0.417. The van der Waals surface area contributed by atoms with E-state index in [1.807, 2.05) is 23.7 Å². The summed E-state index contributed by atoms with van der Waals surface area (Å²) < 4.78 is 1.90. The minimum Gasteiger partial charge on any atom is -0.298 e. The predicted octanol–water partition coefficient (Wildman–Crippen LogP) is 2.23. The van der Waals surface area contributed by atoms with Crippen molar-refractivity contribution in [3.8, 4) is 0 Å². The van der Waals surface area contributed by atoms with E-state index >= 15 is 0 Å². The van der Waals surface area contributed by atoms with E-state index < -0.39 is 0 Å². The van der Waals surface area contributed by atoms with Gasteiger partial charge >= 0.3 is 0 Å². The number of fused-ring (bicyclic) bond motifs is 1. The van der Waals surface area contributed by atoms with E-state index in [1.165, 1.54) is 0 Å². The first-order valence-corrected chi connectivity index (χ1v) is 5.10. The second-order valence-electron chi connectivity index (χ2n) is 5.04. The molecule has 0 saturated heterocycles. The molecular formula is C12H16N2O. The van der Waals surface area contributed by atoms with Gasteiger partial charge in [-0.1, -0.05) is 20.8 Å². The van der Waals surface area contributed by atoms with Crippen molar-refractivity contribution in [2.45, 2.75) is 33.1 Å². The minimum atomic E-state index is 0.0724. The van der Waals surface area contributed by atoms with Crippen LogP contribution in [0, 0.1) is 6.92 Å². The molecule has 0 amide bonds. The number of pyridine rings is 1. The maximum atomic E-state index is 11.5. The van der Waals surface area contributed by atoms with Crippen LogP contribution in [-0.4, -0.2) is 9.61 Å². The fourth-order valence-electron chi connectivity index (χ4n) is 1.55. The molecule has 2 rings (SSSR count). The number of nitrogens with one attached hydrogen (secondary N) is 1. The van der Waals surface area contributed by atoms with Gasteiger partial charge < -0.3 is 0 Å². The highest BCUT2D eigenvalue weighted by molar-refractivity contribution is 5.49. The van der Waals surface area contributed by atoms with E-state index in [0.717, 1.165) is 16.8 Å². The van der Waals surface area contributed by atoms with Crippen LogP contribution < -0.4 is 5.43 Å². The molecule has 0 saturated carbocycles. The maximum absolute atomic E-state index is 11.5. The minimum absolute atomic E-state index is 0.0724. The fourth-order valence-corrected chi connectivity index (χ4v) is 1.55. The van der Waals surface area contributed by atoms with E-state index in [4.69, 9.17) is 0 Å². The van der Waals surface area contributed by atoms with Gasteiger partial charge in [-0.05, 0) is 13.0 Å². The van der Waals surface area contributed by atoms with Crippen LogP contribution in [0.5, 0.6) is 0 Å². The molecule has 0 aliphatic rings. The summed E-state index contributed by atoms with van der Waals surface area (Å²) in [6.45, 7) is 8.25. The van der Waals surface area contributed by atoms with Gasteiger partial charge in [-0.15, -0.1) is 0 Å². The number of hydrogen-bond donors (Lipinski definition) is 1. The molecule has 1 N–H and O–H groups in total. The summed E-state index contributed by atoms with van der Waals surface area (Å²) >= 11 is 0. The Bertz CT molecular complexity index is 555. The Morgan fingerprint density at radius 2 is 1.93 bits per heavy atom. The van der Waals surface area contributed by atoms with E-state index in [2.05, 4.69) is 25.9 Å². The van der Waals surface area contributed by atoms with Crippen LogP contribution in [0.1, 0.15) is 32.0 Å². The molecule has 0 spiro atoms. The number of nitrogens with zero attached hydrogens (tertiary/aromatic N) is 1. The Morgan fingerprint density at radius 3 is 2.53 bits per heavy atom. The zero-order valence-electron chi connectivity index (χ0n) is 9.59. The van der Waals surface area contributed by atoms with E-state index in [9.17, 15) is 4.79 Å². The molecule has 3 heteroatoms. The number of rotatable bonds is 0. The third-order valence-electron chi connectivity index (χ3n) is 2.61. The zero-order valence-corrected chi connectivity index (χ0v) is 9.59. The topological polar surface area (TPSA) is 37.3 Å². The highest BCUT2D eigenvalue weighted by atomic mass is 16.1. The first-order valence-electron chi connectivity index (χ1n) is 5.10. The lowest BCUT2D eigenvalue weighted by atomic mass is 9.92. The molecule has 0 fully saturated rings. The van der Waals surface area contributed by atoms with Crippen molar-refractivity contribution in [2.75, 3.05) is 0 Å². The lowest BCUT2D eigenvalue weighted by Gasteiger charge is -2.15. The van der Waals surface area contributed by atoms with Crippen LogP contribution in [0.2, 0.25) is 0 Å². The number of hydrogen-bond acceptors (Lipinski definition) is 1. The second-order valence-corrected chi connectivity index (χ2v) is 5.04. The van der Waals surface area contributed by atoms with Crippen molar-refractivity contribution in [2.24, 2.45) is 0 Å². The lowest BCUT2D eigenvalue weighted by molar-refractivity contribution is 0.562. The molecule has 0 unspecified atom stereocenters. The summed E-state index contributed by atoms with van der Waals surface area (Å²) in [7, 11) is 0. The van der Waals surface area contributed by atoms with Gasteiger partial charge in [0, 0.05) is 28.9 Å². The van der Waals surface area contributed by atoms with Crippen molar-refractivity contribution >= 4 is 5.52 Å². The zero-order chi connectivity index (χ0) is 11.2. The van der Waals surface area contributed by atoms with Gasteiger partial charge in [0.1, 0.15) is 0 Å². The first kappa shape index (κ1) is 10.0.